The summed E-state index contributed by atoms with van der Waals surface area (Å²) in [6, 6.07) is 0. The van der Waals surface area contributed by atoms with Crippen molar-refractivity contribution in [2.45, 2.75) is 45.1 Å². The van der Waals surface area contributed by atoms with E-state index in [2.05, 4.69) is 6.92 Å². The van der Waals surface area contributed by atoms with E-state index in [1.807, 2.05) is 0 Å². The molecule has 2 aliphatic rings. The van der Waals surface area contributed by atoms with E-state index in [4.69, 9.17) is 4.74 Å². The van der Waals surface area contributed by atoms with E-state index >= 15 is 0 Å². The van der Waals surface area contributed by atoms with Gasteiger partial charge in [0.05, 0.1) is 19.1 Å². The molecule has 16 heavy (non-hydrogen) atoms. The van der Waals surface area contributed by atoms with E-state index in [-0.39, 0.29) is 23.9 Å². The third-order valence-corrected chi connectivity index (χ3v) is 4.06. The van der Waals surface area contributed by atoms with Gasteiger partial charge in [-0.1, -0.05) is 5.57 Å². The van der Waals surface area contributed by atoms with Crippen LogP contribution in [0.5, 0.6) is 0 Å². The summed E-state index contributed by atoms with van der Waals surface area (Å²) in [6.45, 7) is 2.09. The first-order valence-corrected chi connectivity index (χ1v) is 6.10. The molecule has 0 heterocycles. The largest absolute Gasteiger partial charge is 0.469 e. The SMILES string of the molecule is COC(=O)[C@@H]1CCC(C)=C2[C@H](O)CCC[C@@H]21. The number of methoxy groups -OCH3 is 1. The van der Waals surface area contributed by atoms with Crippen molar-refractivity contribution in [3.8, 4) is 0 Å². The number of fused-ring (bicyclic) bond motifs is 1. The number of allylic oxidation sites excluding steroid dienone is 1. The van der Waals surface area contributed by atoms with Gasteiger partial charge in [0, 0.05) is 0 Å². The van der Waals surface area contributed by atoms with Crippen LogP contribution in [0.15, 0.2) is 11.1 Å². The Hall–Kier alpha value is -0.830. The summed E-state index contributed by atoms with van der Waals surface area (Å²) in [5.74, 6) is 0.0905. The van der Waals surface area contributed by atoms with Gasteiger partial charge in [-0.05, 0) is 50.5 Å². The fourth-order valence-electron chi connectivity index (χ4n) is 3.26. The normalized spacial score (nSPS) is 34.6. The smallest absolute Gasteiger partial charge is 0.309 e. The molecule has 0 aromatic heterocycles. The minimum atomic E-state index is -0.328. The summed E-state index contributed by atoms with van der Waals surface area (Å²) in [5, 5.41) is 10.0. The zero-order chi connectivity index (χ0) is 11.7. The quantitative estimate of drug-likeness (QED) is 0.547. The van der Waals surface area contributed by atoms with Crippen LogP contribution in [0, 0.1) is 11.8 Å². The molecule has 3 nitrogen and oxygen atoms in total. The molecule has 0 aromatic rings. The van der Waals surface area contributed by atoms with Gasteiger partial charge in [0.25, 0.3) is 0 Å². The van der Waals surface area contributed by atoms with Crippen LogP contribution in [0.25, 0.3) is 0 Å². The van der Waals surface area contributed by atoms with Gasteiger partial charge in [-0.3, -0.25) is 4.79 Å². The van der Waals surface area contributed by atoms with E-state index in [1.54, 1.807) is 0 Å². The minimum absolute atomic E-state index is 0.0290. The van der Waals surface area contributed by atoms with E-state index in [9.17, 15) is 9.90 Å². The second-order valence-electron chi connectivity index (χ2n) is 4.96. The molecule has 0 saturated heterocycles. The second kappa shape index (κ2) is 4.58. The van der Waals surface area contributed by atoms with Crippen molar-refractivity contribution in [1.82, 2.24) is 0 Å². The molecule has 1 saturated carbocycles. The Morgan fingerprint density at radius 2 is 2.12 bits per heavy atom. The molecular formula is C13H20O3. The molecule has 0 aliphatic heterocycles. The lowest BCUT2D eigenvalue weighted by Crippen LogP contribution is -2.36. The van der Waals surface area contributed by atoms with Crippen LogP contribution in [0.3, 0.4) is 0 Å². The van der Waals surface area contributed by atoms with Crippen LogP contribution in [-0.2, 0) is 9.53 Å². The maximum Gasteiger partial charge on any atom is 0.309 e. The molecule has 0 radical (unpaired) electrons. The van der Waals surface area contributed by atoms with Crippen molar-refractivity contribution >= 4 is 5.97 Å². The molecule has 0 aromatic carbocycles. The third-order valence-electron chi connectivity index (χ3n) is 4.06. The van der Waals surface area contributed by atoms with Gasteiger partial charge < -0.3 is 9.84 Å². The van der Waals surface area contributed by atoms with Crippen LogP contribution in [0.2, 0.25) is 0 Å². The highest BCUT2D eigenvalue weighted by atomic mass is 16.5. The topological polar surface area (TPSA) is 46.5 Å². The molecule has 3 heteroatoms. The van der Waals surface area contributed by atoms with Gasteiger partial charge in [-0.2, -0.15) is 0 Å². The maximum atomic E-state index is 11.7. The Morgan fingerprint density at radius 3 is 2.81 bits per heavy atom. The summed E-state index contributed by atoms with van der Waals surface area (Å²) in [6.07, 6.45) is 4.34. The monoisotopic (exact) mass is 224 g/mol. The fraction of sp³-hybridized carbons (Fsp3) is 0.769. The average Bonchev–Trinajstić information content (AvgIpc) is 2.28. The van der Waals surface area contributed by atoms with Gasteiger partial charge in [0.1, 0.15) is 0 Å². The second-order valence-corrected chi connectivity index (χ2v) is 4.96. The summed E-state index contributed by atoms with van der Waals surface area (Å²) >= 11 is 0. The molecule has 0 bridgehead atoms. The van der Waals surface area contributed by atoms with Gasteiger partial charge >= 0.3 is 5.97 Å². The van der Waals surface area contributed by atoms with E-state index in [0.29, 0.717) is 0 Å². The van der Waals surface area contributed by atoms with Crippen molar-refractivity contribution < 1.29 is 14.6 Å². The van der Waals surface area contributed by atoms with E-state index in [0.717, 1.165) is 37.7 Å². The summed E-state index contributed by atoms with van der Waals surface area (Å²) in [4.78, 5) is 11.7. The number of carbonyl (C=O) groups is 1. The Balaban J connectivity index is 2.27. The van der Waals surface area contributed by atoms with Gasteiger partial charge in [-0.15, -0.1) is 0 Å². The molecule has 2 rings (SSSR count). The molecule has 1 N–H and O–H groups in total. The Morgan fingerprint density at radius 1 is 1.38 bits per heavy atom. The van der Waals surface area contributed by atoms with Crippen LogP contribution in [0.1, 0.15) is 39.0 Å². The maximum absolute atomic E-state index is 11.7. The zero-order valence-corrected chi connectivity index (χ0v) is 10.0. The number of aliphatic hydroxyl groups excluding tert-OH is 1. The van der Waals surface area contributed by atoms with Crippen LogP contribution in [-0.4, -0.2) is 24.3 Å². The highest BCUT2D eigenvalue weighted by Crippen LogP contribution is 2.43. The van der Waals surface area contributed by atoms with E-state index < -0.39 is 0 Å². The number of rotatable bonds is 1. The number of hydrogen-bond acceptors (Lipinski definition) is 3. The first-order chi connectivity index (χ1) is 7.65. The van der Waals surface area contributed by atoms with Crippen molar-refractivity contribution in [1.29, 1.82) is 0 Å². The molecule has 0 spiro atoms. The number of carbonyl (C=O) groups excluding carboxylic acids is 1. The first kappa shape index (κ1) is 11.6. The first-order valence-electron chi connectivity index (χ1n) is 6.10. The van der Waals surface area contributed by atoms with Crippen molar-refractivity contribution in [2.75, 3.05) is 7.11 Å². The van der Waals surface area contributed by atoms with Crippen molar-refractivity contribution in [3.63, 3.8) is 0 Å². The molecule has 2 aliphatic carbocycles. The van der Waals surface area contributed by atoms with Gasteiger partial charge in [0.2, 0.25) is 0 Å². The molecule has 1 fully saturated rings. The Bertz CT molecular complexity index is 319. The number of ether oxygens (including phenoxy) is 1. The van der Waals surface area contributed by atoms with E-state index in [1.165, 1.54) is 12.7 Å². The van der Waals surface area contributed by atoms with Crippen LogP contribution < -0.4 is 0 Å². The van der Waals surface area contributed by atoms with Crippen LogP contribution >= 0.6 is 0 Å². The molecule has 3 atom stereocenters. The lowest BCUT2D eigenvalue weighted by Gasteiger charge is -2.39. The Labute approximate surface area is 96.5 Å². The lowest BCUT2D eigenvalue weighted by molar-refractivity contribution is -0.148. The van der Waals surface area contributed by atoms with Gasteiger partial charge in [-0.25, -0.2) is 0 Å². The highest BCUT2D eigenvalue weighted by Gasteiger charge is 2.39. The third kappa shape index (κ3) is 1.88. The predicted molar refractivity (Wildman–Crippen MR) is 60.8 cm³/mol. The average molecular weight is 224 g/mol. The zero-order valence-electron chi connectivity index (χ0n) is 10.0. The molecular weight excluding hydrogens is 204 g/mol. The predicted octanol–water partition coefficient (Wildman–Crippen LogP) is 2.05. The van der Waals surface area contributed by atoms with Crippen LogP contribution in [0.4, 0.5) is 0 Å². The highest BCUT2D eigenvalue weighted by molar-refractivity contribution is 5.73. The number of aliphatic hydroxyl groups is 1. The lowest BCUT2D eigenvalue weighted by atomic mass is 9.68. The number of hydrogen-bond donors (Lipinski definition) is 1. The standard InChI is InChI=1S/C13H20O3/c1-8-6-7-10(13(15)16-2)9-4-3-5-11(14)12(8)9/h9-11,14H,3-7H2,1-2H3/t9-,10-,11-/m1/s1. The summed E-state index contributed by atoms with van der Waals surface area (Å²) in [7, 11) is 1.45. The Kier molecular flexibility index (Phi) is 3.33. The summed E-state index contributed by atoms with van der Waals surface area (Å²) in [5.41, 5.74) is 2.42. The van der Waals surface area contributed by atoms with Crippen molar-refractivity contribution in [2.24, 2.45) is 11.8 Å². The van der Waals surface area contributed by atoms with Crippen molar-refractivity contribution in [3.05, 3.63) is 11.1 Å². The van der Waals surface area contributed by atoms with Gasteiger partial charge in [0.15, 0.2) is 0 Å². The molecule has 0 amide bonds. The minimum Gasteiger partial charge on any atom is -0.469 e. The summed E-state index contributed by atoms with van der Waals surface area (Å²) < 4.78 is 4.87. The fourth-order valence-corrected chi connectivity index (χ4v) is 3.26. The number of esters is 1. The molecule has 0 unspecified atom stereocenters. The molecule has 90 valence electrons.